The number of hydrogen-bond donors (Lipinski definition) is 0. The Labute approximate surface area is 367 Å². The zero-order valence-corrected chi connectivity index (χ0v) is 36.1. The summed E-state index contributed by atoms with van der Waals surface area (Å²) in [7, 11) is -5.42. The number of hydrogen-bond acceptors (Lipinski definition) is 7. The average molecular weight is 649 g/mol. The Hall–Kier alpha value is 3.76. The van der Waals surface area contributed by atoms with Crippen molar-refractivity contribution in [3.8, 4) is 0 Å². The number of aliphatic carboxylic acids is 2. The molecule has 11 heteroatoms. The van der Waals surface area contributed by atoms with Crippen molar-refractivity contribution in [1.29, 1.82) is 0 Å². The van der Waals surface area contributed by atoms with Crippen LogP contribution in [-0.2, 0) is 19.7 Å². The fraction of sp³-hybridized carbons (Fsp3) is 0.929. The average Bonchev–Trinajstić information content (AvgIpc) is 2.79. The standard InChI is InChI=1S/C28H54O7S.3K/c1-3-5-7-9-11-13-15-17-19-21-23-28(27(31)32,25(26(29)30)36(33,34)35)24-22-20-18-16-14-12-10-8-6-4-2;;;/h25H,3-24H2,1-2H3,(H,29,30)(H,31,32)(H,33,34,35);;;/q;3*+1/p-3. The van der Waals surface area contributed by atoms with Crippen LogP contribution in [0.2, 0.25) is 0 Å². The van der Waals surface area contributed by atoms with Crippen LogP contribution < -0.4 is 164 Å². The van der Waals surface area contributed by atoms with Crippen LogP contribution in [0.1, 0.15) is 155 Å². The smallest absolute Gasteiger partial charge is 0.747 e. The van der Waals surface area contributed by atoms with Gasteiger partial charge in [0.1, 0.15) is 10.1 Å². The molecule has 0 N–H and O–H groups in total. The summed E-state index contributed by atoms with van der Waals surface area (Å²) in [4.78, 5) is 23.9. The fourth-order valence-corrected chi connectivity index (χ4v) is 6.29. The van der Waals surface area contributed by atoms with E-state index in [1.807, 2.05) is 0 Å². The van der Waals surface area contributed by atoms with Crippen molar-refractivity contribution in [3.05, 3.63) is 0 Å². The van der Waals surface area contributed by atoms with Crippen LogP contribution in [0.25, 0.3) is 0 Å². The van der Waals surface area contributed by atoms with E-state index in [4.69, 9.17) is 0 Å². The quantitative estimate of drug-likeness (QED) is 0.0530. The zero-order valence-electron chi connectivity index (χ0n) is 25.9. The van der Waals surface area contributed by atoms with Crippen molar-refractivity contribution >= 4 is 22.1 Å². The van der Waals surface area contributed by atoms with Crippen LogP contribution in [0.15, 0.2) is 0 Å². The van der Waals surface area contributed by atoms with Crippen molar-refractivity contribution in [2.45, 2.75) is 160 Å². The molecule has 0 saturated carbocycles. The fourth-order valence-electron chi connectivity index (χ4n) is 5.17. The molecule has 0 rings (SSSR count). The van der Waals surface area contributed by atoms with Crippen LogP contribution in [0.5, 0.6) is 0 Å². The monoisotopic (exact) mass is 648 g/mol. The predicted octanol–water partition coefficient (Wildman–Crippen LogP) is -3.98. The van der Waals surface area contributed by atoms with E-state index < -0.39 is 32.7 Å². The molecule has 0 aliphatic carbocycles. The van der Waals surface area contributed by atoms with Gasteiger partial charge in [-0.1, -0.05) is 142 Å². The number of carbonyl (C=O) groups is 2. The summed E-state index contributed by atoms with van der Waals surface area (Å²) in [5.41, 5.74) is -2.25. The Morgan fingerprint density at radius 2 is 0.821 bits per heavy atom. The first-order valence-electron chi connectivity index (χ1n) is 14.5. The van der Waals surface area contributed by atoms with E-state index in [0.29, 0.717) is 25.7 Å². The van der Waals surface area contributed by atoms with Gasteiger partial charge in [0.15, 0.2) is 0 Å². The molecule has 0 radical (unpaired) electrons. The van der Waals surface area contributed by atoms with Crippen LogP contribution in [0.3, 0.4) is 0 Å². The minimum atomic E-state index is -5.42. The normalized spacial score (nSPS) is 12.1. The molecule has 0 spiro atoms. The molecule has 0 bridgehead atoms. The van der Waals surface area contributed by atoms with E-state index >= 15 is 0 Å². The van der Waals surface area contributed by atoms with Crippen molar-refractivity contribution in [3.63, 3.8) is 0 Å². The molecular formula is C28H51K3O7S. The van der Waals surface area contributed by atoms with E-state index in [0.717, 1.165) is 51.4 Å². The first-order valence-corrected chi connectivity index (χ1v) is 16.0. The van der Waals surface area contributed by atoms with E-state index in [1.165, 1.54) is 51.4 Å². The molecule has 0 aliphatic rings. The minimum absolute atomic E-state index is 0. The van der Waals surface area contributed by atoms with Crippen LogP contribution >= 0.6 is 0 Å². The van der Waals surface area contributed by atoms with Gasteiger partial charge >= 0.3 is 154 Å². The van der Waals surface area contributed by atoms with E-state index in [2.05, 4.69) is 13.8 Å². The first kappa shape index (κ1) is 49.6. The van der Waals surface area contributed by atoms with E-state index in [9.17, 15) is 32.8 Å². The molecule has 7 nitrogen and oxygen atoms in total. The van der Waals surface area contributed by atoms with Crippen molar-refractivity contribution in [2.24, 2.45) is 5.41 Å². The van der Waals surface area contributed by atoms with Gasteiger partial charge in [-0.05, 0) is 12.8 Å². The number of carboxylic acids is 2. The number of unbranched alkanes of at least 4 members (excludes halogenated alkanes) is 18. The summed E-state index contributed by atoms with van der Waals surface area (Å²) in [5, 5.41) is 21.2. The zero-order chi connectivity index (χ0) is 27.3. The topological polar surface area (TPSA) is 137 Å². The molecule has 0 aliphatic heterocycles. The molecule has 1 unspecified atom stereocenters. The molecule has 0 saturated heterocycles. The van der Waals surface area contributed by atoms with Gasteiger partial charge in [-0.25, -0.2) is 8.42 Å². The van der Waals surface area contributed by atoms with Crippen LogP contribution in [0, 0.1) is 5.41 Å². The molecule has 0 aromatic carbocycles. The third kappa shape index (κ3) is 24.6. The van der Waals surface area contributed by atoms with Crippen molar-refractivity contribution in [1.82, 2.24) is 0 Å². The third-order valence-corrected chi connectivity index (χ3v) is 8.59. The van der Waals surface area contributed by atoms with Gasteiger partial charge in [-0.3, -0.25) is 0 Å². The Morgan fingerprint density at radius 3 is 1.03 bits per heavy atom. The van der Waals surface area contributed by atoms with Gasteiger partial charge in [0.05, 0.1) is 11.2 Å². The molecule has 0 aromatic rings. The first-order chi connectivity index (χ1) is 17.1. The molecule has 1 atom stereocenters. The summed E-state index contributed by atoms with van der Waals surface area (Å²) < 4.78 is 35.5. The Balaban J connectivity index is -0.00000204. The van der Waals surface area contributed by atoms with Gasteiger partial charge in [-0.2, -0.15) is 0 Å². The summed E-state index contributed by atoms with van der Waals surface area (Å²) in [6.07, 6.45) is 19.5. The second-order valence-electron chi connectivity index (χ2n) is 10.5. The molecule has 0 aromatic heterocycles. The largest absolute Gasteiger partial charge is 1.00 e. The molecule has 214 valence electrons. The van der Waals surface area contributed by atoms with Gasteiger partial charge in [0.2, 0.25) is 0 Å². The van der Waals surface area contributed by atoms with Crippen LogP contribution in [-0.4, -0.2) is 30.2 Å². The number of carboxylic acid groups (broad SMARTS) is 2. The van der Waals surface area contributed by atoms with Gasteiger partial charge < -0.3 is 24.4 Å². The van der Waals surface area contributed by atoms with Crippen molar-refractivity contribution < 1.29 is 187 Å². The Bertz CT molecular complexity index is 667. The van der Waals surface area contributed by atoms with Crippen LogP contribution in [0.4, 0.5) is 0 Å². The summed E-state index contributed by atoms with van der Waals surface area (Å²) in [5.74, 6) is -3.92. The molecule has 0 amide bonds. The molecular weight excluding hydrogens is 598 g/mol. The minimum Gasteiger partial charge on any atom is -0.747 e. The number of rotatable bonds is 26. The van der Waals surface area contributed by atoms with Gasteiger partial charge in [0.25, 0.3) is 0 Å². The predicted molar refractivity (Wildman–Crippen MR) is 139 cm³/mol. The Morgan fingerprint density at radius 1 is 0.564 bits per heavy atom. The van der Waals surface area contributed by atoms with Crippen molar-refractivity contribution in [2.75, 3.05) is 0 Å². The summed E-state index contributed by atoms with van der Waals surface area (Å²) in [6.45, 7) is 4.35. The maximum absolute atomic E-state index is 12.2. The molecule has 39 heavy (non-hydrogen) atoms. The van der Waals surface area contributed by atoms with Gasteiger partial charge in [-0.15, -0.1) is 0 Å². The number of carbonyl (C=O) groups excluding carboxylic acids is 2. The SMILES string of the molecule is CCCCCCCCCCCCC(CCCCCCCCCCCC)(C(=O)[O-])C(C(=O)[O-])S(=O)(=O)[O-].[K+].[K+].[K+]. The maximum Gasteiger partial charge on any atom is 1.00 e. The van der Waals surface area contributed by atoms with Gasteiger partial charge in [0, 0.05) is 11.4 Å². The molecule has 0 heterocycles. The second-order valence-corrected chi connectivity index (χ2v) is 12.0. The van der Waals surface area contributed by atoms with E-state index in [1.54, 1.807) is 0 Å². The van der Waals surface area contributed by atoms with E-state index in [-0.39, 0.29) is 167 Å². The Kier molecular flexibility index (Phi) is 40.4. The third-order valence-electron chi connectivity index (χ3n) is 7.36. The second kappa shape index (κ2) is 31.7. The summed E-state index contributed by atoms with van der Waals surface area (Å²) in [6, 6.07) is 0. The maximum atomic E-state index is 12.2. The molecule has 0 fully saturated rings. The summed E-state index contributed by atoms with van der Waals surface area (Å²) >= 11 is 0.